The minimum Gasteiger partial charge on any atom is -0.478 e. The van der Waals surface area contributed by atoms with Crippen molar-refractivity contribution in [1.29, 1.82) is 0 Å². The number of hydrogen-bond acceptors (Lipinski definition) is 3. The number of nitrogens with zero attached hydrogens (tertiary/aromatic N) is 2. The molecule has 0 aliphatic rings. The van der Waals surface area contributed by atoms with Gasteiger partial charge in [0.15, 0.2) is 0 Å². The van der Waals surface area contributed by atoms with Crippen LogP contribution in [-0.2, 0) is 17.8 Å². The van der Waals surface area contributed by atoms with Crippen molar-refractivity contribution in [2.45, 2.75) is 19.4 Å². The lowest BCUT2D eigenvalue weighted by Crippen LogP contribution is -2.19. The summed E-state index contributed by atoms with van der Waals surface area (Å²) in [6.07, 6.45) is 1.74. The number of aryl methyl sites for hydroxylation is 1. The van der Waals surface area contributed by atoms with Gasteiger partial charge in [-0.1, -0.05) is 36.4 Å². The van der Waals surface area contributed by atoms with Crippen molar-refractivity contribution in [3.8, 4) is 0 Å². The Morgan fingerprint density at radius 3 is 2.62 bits per heavy atom. The van der Waals surface area contributed by atoms with Gasteiger partial charge in [0, 0.05) is 17.3 Å². The van der Waals surface area contributed by atoms with Gasteiger partial charge in [-0.15, -0.1) is 0 Å². The molecule has 0 aliphatic heterocycles. The second kappa shape index (κ2) is 8.62. The third-order valence-electron chi connectivity index (χ3n) is 3.71. The molecule has 0 unspecified atom stereocenters. The highest BCUT2D eigenvalue weighted by molar-refractivity contribution is 6.30. The smallest absolute Gasteiger partial charge is 0.337 e. The molecule has 126 valence electrons. The van der Waals surface area contributed by atoms with E-state index in [1.54, 1.807) is 6.07 Å². The highest BCUT2D eigenvalue weighted by atomic mass is 35.5. The van der Waals surface area contributed by atoms with E-state index in [9.17, 15) is 4.79 Å². The lowest BCUT2D eigenvalue weighted by atomic mass is 10.1. The van der Waals surface area contributed by atoms with Crippen molar-refractivity contribution in [2.24, 2.45) is 0 Å². The van der Waals surface area contributed by atoms with Gasteiger partial charge in [0.25, 0.3) is 0 Å². The van der Waals surface area contributed by atoms with Crippen LogP contribution in [0.15, 0.2) is 49.0 Å². The van der Waals surface area contributed by atoms with Crippen LogP contribution in [0, 0.1) is 0 Å². The molecule has 1 aromatic carbocycles. The Labute approximate surface area is 147 Å². The number of benzene rings is 1. The summed E-state index contributed by atoms with van der Waals surface area (Å²) in [6.45, 7) is 5.33. The number of aromatic nitrogens is 1. The molecular weight excluding hydrogens is 324 g/mol. The van der Waals surface area contributed by atoms with E-state index >= 15 is 0 Å². The van der Waals surface area contributed by atoms with Gasteiger partial charge < -0.3 is 10.0 Å². The molecule has 1 N–H and O–H groups in total. The molecule has 0 amide bonds. The van der Waals surface area contributed by atoms with Gasteiger partial charge >= 0.3 is 5.97 Å². The predicted octanol–water partition coefficient (Wildman–Crippen LogP) is 3.90. The average molecular weight is 345 g/mol. The molecule has 0 aliphatic carbocycles. The fraction of sp³-hybridized carbons (Fsp3) is 0.263. The molecule has 0 radical (unpaired) electrons. The molecule has 0 fully saturated rings. The SMILES string of the molecule is C=C(C(=O)O)c1cccc(CCCN(C)Cc2ccc(Cl)cc2)n1. The third-order valence-corrected chi connectivity index (χ3v) is 3.96. The molecule has 5 heteroatoms. The van der Waals surface area contributed by atoms with Crippen LogP contribution in [0.4, 0.5) is 0 Å². The van der Waals surface area contributed by atoms with Crippen molar-refractivity contribution in [2.75, 3.05) is 13.6 Å². The van der Waals surface area contributed by atoms with Gasteiger partial charge in [0.1, 0.15) is 0 Å². The zero-order valence-electron chi connectivity index (χ0n) is 13.7. The number of rotatable bonds is 8. The van der Waals surface area contributed by atoms with Crippen LogP contribution < -0.4 is 0 Å². The number of carboxylic acid groups (broad SMARTS) is 1. The highest BCUT2D eigenvalue weighted by Crippen LogP contribution is 2.13. The van der Waals surface area contributed by atoms with Crippen molar-refractivity contribution >= 4 is 23.1 Å². The third kappa shape index (κ3) is 5.48. The molecule has 2 aromatic rings. The lowest BCUT2D eigenvalue weighted by molar-refractivity contribution is -0.130. The van der Waals surface area contributed by atoms with Crippen molar-refractivity contribution in [1.82, 2.24) is 9.88 Å². The number of aliphatic carboxylic acids is 1. The van der Waals surface area contributed by atoms with Crippen molar-refractivity contribution in [3.05, 3.63) is 71.0 Å². The summed E-state index contributed by atoms with van der Waals surface area (Å²) in [5, 5.41) is 9.72. The molecule has 1 aromatic heterocycles. The summed E-state index contributed by atoms with van der Waals surface area (Å²) in [7, 11) is 2.07. The van der Waals surface area contributed by atoms with Gasteiger partial charge in [-0.2, -0.15) is 0 Å². The Kier molecular flexibility index (Phi) is 6.53. The molecular formula is C19H21ClN2O2. The maximum atomic E-state index is 11.0. The first-order valence-electron chi connectivity index (χ1n) is 7.77. The van der Waals surface area contributed by atoms with Crippen LogP contribution in [0.2, 0.25) is 5.02 Å². The molecule has 24 heavy (non-hydrogen) atoms. The van der Waals surface area contributed by atoms with Gasteiger partial charge in [-0.3, -0.25) is 4.98 Å². The number of hydrogen-bond donors (Lipinski definition) is 1. The van der Waals surface area contributed by atoms with E-state index in [0.717, 1.165) is 36.6 Å². The maximum absolute atomic E-state index is 11.0. The first-order valence-corrected chi connectivity index (χ1v) is 8.15. The van der Waals surface area contributed by atoms with Crippen molar-refractivity contribution < 1.29 is 9.90 Å². The number of pyridine rings is 1. The van der Waals surface area contributed by atoms with Crippen LogP contribution in [0.1, 0.15) is 23.4 Å². The average Bonchev–Trinajstić information content (AvgIpc) is 2.56. The van der Waals surface area contributed by atoms with Crippen LogP contribution in [-0.4, -0.2) is 34.6 Å². The van der Waals surface area contributed by atoms with E-state index in [1.807, 2.05) is 36.4 Å². The summed E-state index contributed by atoms with van der Waals surface area (Å²) >= 11 is 5.89. The minimum absolute atomic E-state index is 0.0247. The quantitative estimate of drug-likeness (QED) is 0.738. The molecule has 0 spiro atoms. The van der Waals surface area contributed by atoms with Crippen molar-refractivity contribution in [3.63, 3.8) is 0 Å². The van der Waals surface area contributed by atoms with E-state index in [4.69, 9.17) is 16.7 Å². The molecule has 0 atom stereocenters. The summed E-state index contributed by atoms with van der Waals surface area (Å²) in [4.78, 5) is 17.6. The largest absolute Gasteiger partial charge is 0.478 e. The van der Waals surface area contributed by atoms with E-state index in [0.29, 0.717) is 5.69 Å². The number of carbonyl (C=O) groups is 1. The molecule has 0 saturated heterocycles. The van der Waals surface area contributed by atoms with E-state index in [1.165, 1.54) is 5.56 Å². The fourth-order valence-electron chi connectivity index (χ4n) is 2.41. The summed E-state index contributed by atoms with van der Waals surface area (Å²) < 4.78 is 0. The standard InChI is InChI=1S/C19H21ClN2O2/c1-14(19(23)24)18-7-3-5-17(21-18)6-4-12-22(2)13-15-8-10-16(20)11-9-15/h3,5,7-11H,1,4,6,12-13H2,2H3,(H,23,24). The molecule has 0 bridgehead atoms. The first-order chi connectivity index (χ1) is 11.5. The van der Waals surface area contributed by atoms with Crippen LogP contribution in [0.3, 0.4) is 0 Å². The second-order valence-corrected chi connectivity index (χ2v) is 6.20. The Hall–Kier alpha value is -2.17. The summed E-state index contributed by atoms with van der Waals surface area (Å²) in [5.74, 6) is -1.04. The van der Waals surface area contributed by atoms with Gasteiger partial charge in [-0.25, -0.2) is 4.79 Å². The van der Waals surface area contributed by atoms with E-state index in [-0.39, 0.29) is 5.57 Å². The van der Waals surface area contributed by atoms with E-state index < -0.39 is 5.97 Å². The molecule has 4 nitrogen and oxygen atoms in total. The second-order valence-electron chi connectivity index (χ2n) is 5.77. The van der Waals surface area contributed by atoms with Crippen LogP contribution in [0.5, 0.6) is 0 Å². The maximum Gasteiger partial charge on any atom is 0.337 e. The monoisotopic (exact) mass is 344 g/mol. The molecule has 1 heterocycles. The Bertz CT molecular complexity index is 714. The normalized spacial score (nSPS) is 10.8. The van der Waals surface area contributed by atoms with Gasteiger partial charge in [0.05, 0.1) is 11.3 Å². The van der Waals surface area contributed by atoms with Crippen LogP contribution >= 0.6 is 11.6 Å². The highest BCUT2D eigenvalue weighted by Gasteiger charge is 2.09. The number of carboxylic acids is 1. The number of halogens is 1. The van der Waals surface area contributed by atoms with Gasteiger partial charge in [-0.05, 0) is 56.3 Å². The lowest BCUT2D eigenvalue weighted by Gasteiger charge is -2.16. The Balaban J connectivity index is 1.83. The zero-order chi connectivity index (χ0) is 17.5. The predicted molar refractivity (Wildman–Crippen MR) is 97.0 cm³/mol. The Morgan fingerprint density at radius 2 is 1.96 bits per heavy atom. The first kappa shape index (κ1) is 18.2. The molecule has 2 rings (SSSR count). The Morgan fingerprint density at radius 1 is 1.25 bits per heavy atom. The summed E-state index contributed by atoms with van der Waals surface area (Å²) in [5.41, 5.74) is 2.56. The topological polar surface area (TPSA) is 53.4 Å². The van der Waals surface area contributed by atoms with E-state index in [2.05, 4.69) is 23.5 Å². The van der Waals surface area contributed by atoms with Gasteiger partial charge in [0.2, 0.25) is 0 Å². The fourth-order valence-corrected chi connectivity index (χ4v) is 2.53. The van der Waals surface area contributed by atoms with Crippen LogP contribution in [0.25, 0.3) is 5.57 Å². The molecule has 0 saturated carbocycles. The zero-order valence-corrected chi connectivity index (χ0v) is 14.5. The minimum atomic E-state index is -1.04. The summed E-state index contributed by atoms with van der Waals surface area (Å²) in [6, 6.07) is 13.3.